The zero-order valence-corrected chi connectivity index (χ0v) is 10.6. The van der Waals surface area contributed by atoms with Crippen LogP contribution in [0.5, 0.6) is 0 Å². The van der Waals surface area contributed by atoms with Gasteiger partial charge in [0.1, 0.15) is 11.6 Å². The van der Waals surface area contributed by atoms with E-state index in [1.807, 2.05) is 0 Å². The summed E-state index contributed by atoms with van der Waals surface area (Å²) in [6.07, 6.45) is 4.24. The summed E-state index contributed by atoms with van der Waals surface area (Å²) in [6, 6.07) is 3.17. The smallest absolute Gasteiger partial charge is 0.126 e. The largest absolute Gasteiger partial charge is 0.377 e. The molecule has 1 atom stereocenters. The monoisotopic (exact) mass is 255 g/mol. The Labute approximate surface area is 106 Å². The second kappa shape index (κ2) is 5.33. The third-order valence-electron chi connectivity index (χ3n) is 3.98. The van der Waals surface area contributed by atoms with Crippen molar-refractivity contribution in [2.45, 2.75) is 43.7 Å². The van der Waals surface area contributed by atoms with E-state index in [-0.39, 0.29) is 11.6 Å². The maximum atomic E-state index is 13.6. The second-order valence-corrected chi connectivity index (χ2v) is 5.02. The third kappa shape index (κ3) is 2.54. The van der Waals surface area contributed by atoms with Crippen LogP contribution >= 0.6 is 0 Å². The van der Waals surface area contributed by atoms with E-state index < -0.39 is 11.6 Å². The average Bonchev–Trinajstić information content (AvgIpc) is 2.84. The average molecular weight is 255 g/mol. The van der Waals surface area contributed by atoms with Gasteiger partial charge in [-0.05, 0) is 43.0 Å². The fourth-order valence-corrected chi connectivity index (χ4v) is 2.82. The molecule has 0 amide bonds. The van der Waals surface area contributed by atoms with Crippen LogP contribution in [-0.2, 0) is 11.2 Å². The van der Waals surface area contributed by atoms with E-state index in [9.17, 15) is 8.78 Å². The lowest BCUT2D eigenvalue weighted by atomic mass is 9.88. The predicted molar refractivity (Wildman–Crippen MR) is 66.2 cm³/mol. The van der Waals surface area contributed by atoms with Crippen LogP contribution in [0.1, 0.15) is 31.2 Å². The zero-order valence-electron chi connectivity index (χ0n) is 10.6. The summed E-state index contributed by atoms with van der Waals surface area (Å²) in [6.45, 7) is 0. The number of rotatable bonds is 4. The molecule has 0 spiro atoms. The molecular formula is C14H19F2NO. The van der Waals surface area contributed by atoms with Gasteiger partial charge in [0.15, 0.2) is 0 Å². The van der Waals surface area contributed by atoms with Gasteiger partial charge in [-0.1, -0.05) is 12.8 Å². The maximum Gasteiger partial charge on any atom is 0.126 e. The van der Waals surface area contributed by atoms with Gasteiger partial charge in [-0.15, -0.1) is 0 Å². The van der Waals surface area contributed by atoms with Gasteiger partial charge in [-0.25, -0.2) is 8.78 Å². The minimum absolute atomic E-state index is 0.303. The number of benzene rings is 1. The van der Waals surface area contributed by atoms with Crippen molar-refractivity contribution >= 4 is 0 Å². The quantitative estimate of drug-likeness (QED) is 0.898. The SMILES string of the molecule is COC1(C(N)Cc2cc(F)ccc2F)CCCC1. The lowest BCUT2D eigenvalue weighted by molar-refractivity contribution is -0.0255. The van der Waals surface area contributed by atoms with Gasteiger partial charge in [-0.3, -0.25) is 0 Å². The molecule has 1 unspecified atom stereocenters. The Balaban J connectivity index is 2.15. The van der Waals surface area contributed by atoms with E-state index in [0.717, 1.165) is 37.8 Å². The number of ether oxygens (including phenoxy) is 1. The van der Waals surface area contributed by atoms with Gasteiger partial charge in [-0.2, -0.15) is 0 Å². The van der Waals surface area contributed by atoms with Gasteiger partial charge in [0.05, 0.1) is 5.60 Å². The molecule has 1 fully saturated rings. The summed E-state index contributed by atoms with van der Waals surface area (Å²) in [5, 5.41) is 0. The van der Waals surface area contributed by atoms with Crippen molar-refractivity contribution in [3.63, 3.8) is 0 Å². The number of methoxy groups -OCH3 is 1. The number of nitrogens with two attached hydrogens (primary N) is 1. The summed E-state index contributed by atoms with van der Waals surface area (Å²) in [4.78, 5) is 0. The van der Waals surface area contributed by atoms with E-state index in [0.29, 0.717) is 12.0 Å². The van der Waals surface area contributed by atoms with Crippen LogP contribution < -0.4 is 5.73 Å². The highest BCUT2D eigenvalue weighted by atomic mass is 19.1. The van der Waals surface area contributed by atoms with Crippen LogP contribution in [0.15, 0.2) is 18.2 Å². The van der Waals surface area contributed by atoms with Crippen LogP contribution in [0.4, 0.5) is 8.78 Å². The highest BCUT2D eigenvalue weighted by Gasteiger charge is 2.39. The van der Waals surface area contributed by atoms with Crippen LogP contribution in [-0.4, -0.2) is 18.8 Å². The van der Waals surface area contributed by atoms with Crippen molar-refractivity contribution in [3.8, 4) is 0 Å². The molecule has 0 bridgehead atoms. The Hall–Kier alpha value is -1.00. The summed E-state index contributed by atoms with van der Waals surface area (Å²) in [5.41, 5.74) is 6.11. The zero-order chi connectivity index (χ0) is 13.2. The minimum Gasteiger partial charge on any atom is -0.377 e. The summed E-state index contributed by atoms with van der Waals surface area (Å²) in [7, 11) is 1.65. The van der Waals surface area contributed by atoms with Crippen molar-refractivity contribution in [3.05, 3.63) is 35.4 Å². The molecule has 1 saturated carbocycles. The molecule has 4 heteroatoms. The molecule has 2 N–H and O–H groups in total. The number of hydrogen-bond donors (Lipinski definition) is 1. The van der Waals surface area contributed by atoms with Crippen molar-refractivity contribution in [2.75, 3.05) is 7.11 Å². The Morgan fingerprint density at radius 3 is 2.61 bits per heavy atom. The lowest BCUT2D eigenvalue weighted by Crippen LogP contribution is -2.48. The van der Waals surface area contributed by atoms with Crippen molar-refractivity contribution < 1.29 is 13.5 Å². The first-order chi connectivity index (χ1) is 8.57. The Kier molecular flexibility index (Phi) is 3.97. The summed E-state index contributed by atoms with van der Waals surface area (Å²) >= 11 is 0. The van der Waals surface area contributed by atoms with Gasteiger partial charge in [0.25, 0.3) is 0 Å². The highest BCUT2D eigenvalue weighted by molar-refractivity contribution is 5.21. The maximum absolute atomic E-state index is 13.6. The molecular weight excluding hydrogens is 236 g/mol. The Morgan fingerprint density at radius 2 is 2.00 bits per heavy atom. The fraction of sp³-hybridized carbons (Fsp3) is 0.571. The Bertz CT molecular complexity index is 416. The predicted octanol–water partition coefficient (Wildman–Crippen LogP) is 2.79. The molecule has 0 aliphatic heterocycles. The number of halogens is 2. The van der Waals surface area contributed by atoms with Crippen LogP contribution in [0.3, 0.4) is 0 Å². The molecule has 1 aliphatic carbocycles. The first-order valence-electron chi connectivity index (χ1n) is 6.32. The van der Waals surface area contributed by atoms with Crippen LogP contribution in [0, 0.1) is 11.6 Å². The van der Waals surface area contributed by atoms with Crippen LogP contribution in [0.25, 0.3) is 0 Å². The standard InChI is InChI=1S/C14H19F2NO/c1-18-14(6-2-3-7-14)13(17)9-10-8-11(15)4-5-12(10)16/h4-5,8,13H,2-3,6-7,9,17H2,1H3. The summed E-state index contributed by atoms with van der Waals surface area (Å²) in [5.74, 6) is -0.840. The topological polar surface area (TPSA) is 35.2 Å². The molecule has 100 valence electrons. The van der Waals surface area contributed by atoms with E-state index >= 15 is 0 Å². The van der Waals surface area contributed by atoms with Gasteiger partial charge in [0, 0.05) is 13.2 Å². The first kappa shape index (κ1) is 13.4. The molecule has 0 aromatic heterocycles. The molecule has 1 aromatic carbocycles. The van der Waals surface area contributed by atoms with E-state index in [1.165, 1.54) is 6.07 Å². The molecule has 0 radical (unpaired) electrons. The van der Waals surface area contributed by atoms with E-state index in [2.05, 4.69) is 0 Å². The minimum atomic E-state index is -0.434. The van der Waals surface area contributed by atoms with E-state index in [1.54, 1.807) is 7.11 Å². The first-order valence-corrected chi connectivity index (χ1v) is 6.32. The molecule has 0 saturated heterocycles. The lowest BCUT2D eigenvalue weighted by Gasteiger charge is -2.34. The normalized spacial score (nSPS) is 20.0. The summed E-state index contributed by atoms with van der Waals surface area (Å²) < 4.78 is 32.3. The highest BCUT2D eigenvalue weighted by Crippen LogP contribution is 2.36. The second-order valence-electron chi connectivity index (χ2n) is 5.02. The van der Waals surface area contributed by atoms with E-state index in [4.69, 9.17) is 10.5 Å². The fourth-order valence-electron chi connectivity index (χ4n) is 2.82. The van der Waals surface area contributed by atoms with Gasteiger partial charge < -0.3 is 10.5 Å². The molecule has 1 aromatic rings. The molecule has 18 heavy (non-hydrogen) atoms. The van der Waals surface area contributed by atoms with Crippen LogP contribution in [0.2, 0.25) is 0 Å². The number of hydrogen-bond acceptors (Lipinski definition) is 2. The molecule has 2 rings (SSSR count). The van der Waals surface area contributed by atoms with Crippen molar-refractivity contribution in [2.24, 2.45) is 5.73 Å². The Morgan fingerprint density at radius 1 is 1.33 bits per heavy atom. The molecule has 0 heterocycles. The third-order valence-corrected chi connectivity index (χ3v) is 3.98. The van der Waals surface area contributed by atoms with Gasteiger partial charge >= 0.3 is 0 Å². The van der Waals surface area contributed by atoms with Crippen molar-refractivity contribution in [1.29, 1.82) is 0 Å². The molecule has 1 aliphatic rings. The molecule has 2 nitrogen and oxygen atoms in total. The van der Waals surface area contributed by atoms with Gasteiger partial charge in [0.2, 0.25) is 0 Å². The van der Waals surface area contributed by atoms with Crippen molar-refractivity contribution in [1.82, 2.24) is 0 Å².